The zero-order valence-electron chi connectivity index (χ0n) is 14.8. The summed E-state index contributed by atoms with van der Waals surface area (Å²) in [5.41, 5.74) is 1.68. The molecule has 1 amide bonds. The standard InChI is InChI=1S/C18H21ClN2O4S2/c1-12(14-6-4-13(11-22)5-7-14)20-18(23)15-3-2-10-21(15)27(24,25)17-9-8-16(19)26-17/h4-9,12,15,22H,2-3,10-11H2,1H3,(H,20,23)/t12-,15-/m0/s1. The maximum absolute atomic E-state index is 12.9. The number of thiophene rings is 1. The Morgan fingerprint density at radius 1 is 1.33 bits per heavy atom. The number of aliphatic hydroxyl groups is 1. The van der Waals surface area contributed by atoms with Crippen LogP contribution in [0.4, 0.5) is 0 Å². The lowest BCUT2D eigenvalue weighted by atomic mass is 10.1. The summed E-state index contributed by atoms with van der Waals surface area (Å²) >= 11 is 6.86. The third-order valence-electron chi connectivity index (χ3n) is 4.64. The minimum atomic E-state index is -3.74. The molecule has 0 unspecified atom stereocenters. The molecule has 1 aliphatic rings. The zero-order chi connectivity index (χ0) is 19.6. The van der Waals surface area contributed by atoms with Crippen molar-refractivity contribution in [2.45, 2.75) is 42.7 Å². The van der Waals surface area contributed by atoms with Crippen LogP contribution in [0.2, 0.25) is 4.34 Å². The van der Waals surface area contributed by atoms with E-state index in [1.54, 1.807) is 18.2 Å². The Bertz CT molecular complexity index is 912. The van der Waals surface area contributed by atoms with E-state index in [0.717, 1.165) is 22.5 Å². The fourth-order valence-electron chi connectivity index (χ4n) is 3.15. The van der Waals surface area contributed by atoms with Gasteiger partial charge in [0, 0.05) is 6.54 Å². The van der Waals surface area contributed by atoms with E-state index in [-0.39, 0.29) is 22.8 Å². The van der Waals surface area contributed by atoms with Crippen LogP contribution in [0.1, 0.15) is 36.9 Å². The molecule has 2 heterocycles. The molecule has 6 nitrogen and oxygen atoms in total. The van der Waals surface area contributed by atoms with E-state index in [0.29, 0.717) is 23.7 Å². The minimum Gasteiger partial charge on any atom is -0.392 e. The van der Waals surface area contributed by atoms with E-state index in [4.69, 9.17) is 16.7 Å². The molecule has 2 N–H and O–H groups in total. The van der Waals surface area contributed by atoms with E-state index in [2.05, 4.69) is 5.32 Å². The van der Waals surface area contributed by atoms with Crippen molar-refractivity contribution < 1.29 is 18.3 Å². The minimum absolute atomic E-state index is 0.0390. The van der Waals surface area contributed by atoms with Crippen LogP contribution < -0.4 is 5.32 Å². The van der Waals surface area contributed by atoms with Crippen LogP contribution in [0, 0.1) is 0 Å². The molecule has 9 heteroatoms. The van der Waals surface area contributed by atoms with Crippen LogP contribution in [-0.2, 0) is 21.4 Å². The Morgan fingerprint density at radius 2 is 2.04 bits per heavy atom. The smallest absolute Gasteiger partial charge is 0.253 e. The van der Waals surface area contributed by atoms with Gasteiger partial charge in [0.2, 0.25) is 5.91 Å². The van der Waals surface area contributed by atoms with Crippen LogP contribution in [0.3, 0.4) is 0 Å². The number of aliphatic hydroxyl groups excluding tert-OH is 1. The highest BCUT2D eigenvalue weighted by Crippen LogP contribution is 2.32. The number of halogens is 1. The van der Waals surface area contributed by atoms with Gasteiger partial charge in [-0.1, -0.05) is 35.9 Å². The molecular formula is C18H21ClN2O4S2. The number of hydrogen-bond acceptors (Lipinski definition) is 5. The number of benzene rings is 1. The van der Waals surface area contributed by atoms with E-state index < -0.39 is 16.1 Å². The van der Waals surface area contributed by atoms with E-state index in [1.807, 2.05) is 19.1 Å². The lowest BCUT2D eigenvalue weighted by Crippen LogP contribution is -2.46. The lowest BCUT2D eigenvalue weighted by molar-refractivity contribution is -0.124. The van der Waals surface area contributed by atoms with Gasteiger partial charge in [0.15, 0.2) is 0 Å². The van der Waals surface area contributed by atoms with Gasteiger partial charge >= 0.3 is 0 Å². The summed E-state index contributed by atoms with van der Waals surface area (Å²) in [4.78, 5) is 12.8. The van der Waals surface area contributed by atoms with E-state index in [1.165, 1.54) is 10.4 Å². The van der Waals surface area contributed by atoms with Gasteiger partial charge in [-0.25, -0.2) is 8.42 Å². The number of nitrogens with one attached hydrogen (secondary N) is 1. The van der Waals surface area contributed by atoms with Gasteiger partial charge in [0.25, 0.3) is 10.0 Å². The molecule has 0 aliphatic carbocycles. The molecule has 2 atom stereocenters. The zero-order valence-corrected chi connectivity index (χ0v) is 17.1. The van der Waals surface area contributed by atoms with Crippen LogP contribution in [0.25, 0.3) is 0 Å². The number of sulfonamides is 1. The molecule has 0 spiro atoms. The average molecular weight is 429 g/mol. The molecule has 3 rings (SSSR count). The van der Waals surface area contributed by atoms with Crippen molar-refractivity contribution in [2.75, 3.05) is 6.54 Å². The summed E-state index contributed by atoms with van der Waals surface area (Å²) in [7, 11) is -3.74. The van der Waals surface area contributed by atoms with Crippen molar-refractivity contribution in [3.63, 3.8) is 0 Å². The molecule has 0 bridgehead atoms. The molecule has 1 aromatic carbocycles. The lowest BCUT2D eigenvalue weighted by Gasteiger charge is -2.24. The predicted octanol–water partition coefficient (Wildman–Crippen LogP) is 2.92. The third-order valence-corrected chi connectivity index (χ3v) is 8.25. The Hall–Kier alpha value is -1.45. The second kappa shape index (κ2) is 8.28. The number of carbonyl (C=O) groups is 1. The first kappa shape index (κ1) is 20.3. The summed E-state index contributed by atoms with van der Waals surface area (Å²) < 4.78 is 27.5. The van der Waals surface area contributed by atoms with Gasteiger partial charge in [0.05, 0.1) is 17.0 Å². The maximum Gasteiger partial charge on any atom is 0.253 e. The molecule has 0 radical (unpaired) electrons. The number of carbonyl (C=O) groups excluding carboxylic acids is 1. The Labute approximate surface area is 167 Å². The molecule has 27 heavy (non-hydrogen) atoms. The monoisotopic (exact) mass is 428 g/mol. The highest BCUT2D eigenvalue weighted by Gasteiger charge is 2.40. The van der Waals surface area contributed by atoms with Gasteiger partial charge in [0.1, 0.15) is 10.3 Å². The first-order chi connectivity index (χ1) is 12.8. The van der Waals surface area contributed by atoms with Crippen LogP contribution in [-0.4, -0.2) is 36.3 Å². The summed E-state index contributed by atoms with van der Waals surface area (Å²) in [6, 6.07) is 9.29. The molecule has 1 fully saturated rings. The molecular weight excluding hydrogens is 408 g/mol. The fraction of sp³-hybridized carbons (Fsp3) is 0.389. The van der Waals surface area contributed by atoms with Crippen LogP contribution in [0.5, 0.6) is 0 Å². The van der Waals surface area contributed by atoms with E-state index in [9.17, 15) is 13.2 Å². The molecule has 2 aromatic rings. The Kier molecular flexibility index (Phi) is 6.22. The predicted molar refractivity (Wildman–Crippen MR) is 105 cm³/mol. The topological polar surface area (TPSA) is 86.7 Å². The average Bonchev–Trinajstić information content (AvgIpc) is 3.31. The maximum atomic E-state index is 12.9. The summed E-state index contributed by atoms with van der Waals surface area (Å²) in [5.74, 6) is -0.308. The van der Waals surface area contributed by atoms with Crippen LogP contribution in [0.15, 0.2) is 40.6 Å². The number of rotatable bonds is 6. The van der Waals surface area contributed by atoms with Crippen molar-refractivity contribution in [3.8, 4) is 0 Å². The number of amides is 1. The first-order valence-electron chi connectivity index (χ1n) is 8.60. The molecule has 146 valence electrons. The quantitative estimate of drug-likeness (QED) is 0.740. The third kappa shape index (κ3) is 4.35. The summed E-state index contributed by atoms with van der Waals surface area (Å²) in [5, 5.41) is 12.0. The second-order valence-electron chi connectivity index (χ2n) is 6.46. The Morgan fingerprint density at radius 3 is 2.63 bits per heavy atom. The normalized spacial score (nSPS) is 19.1. The Balaban J connectivity index is 1.73. The van der Waals surface area contributed by atoms with Gasteiger partial charge in [-0.3, -0.25) is 4.79 Å². The van der Waals surface area contributed by atoms with E-state index >= 15 is 0 Å². The van der Waals surface area contributed by atoms with Gasteiger partial charge < -0.3 is 10.4 Å². The molecule has 1 saturated heterocycles. The number of hydrogen-bond donors (Lipinski definition) is 2. The summed E-state index contributed by atoms with van der Waals surface area (Å²) in [6.07, 6.45) is 1.12. The SMILES string of the molecule is C[C@H](NC(=O)[C@@H]1CCCN1S(=O)(=O)c1ccc(Cl)s1)c1ccc(CO)cc1. The largest absolute Gasteiger partial charge is 0.392 e. The van der Waals surface area contributed by atoms with Crippen LogP contribution >= 0.6 is 22.9 Å². The second-order valence-corrected chi connectivity index (χ2v) is 10.3. The summed E-state index contributed by atoms with van der Waals surface area (Å²) in [6.45, 7) is 2.12. The van der Waals surface area contributed by atoms with Crippen molar-refractivity contribution in [2.24, 2.45) is 0 Å². The highest BCUT2D eigenvalue weighted by atomic mass is 35.5. The van der Waals surface area contributed by atoms with Crippen molar-refractivity contribution >= 4 is 38.9 Å². The first-order valence-corrected chi connectivity index (χ1v) is 11.2. The van der Waals surface area contributed by atoms with Crippen molar-refractivity contribution in [1.29, 1.82) is 0 Å². The molecule has 1 aliphatic heterocycles. The van der Waals surface area contributed by atoms with Gasteiger partial charge in [-0.05, 0) is 43.0 Å². The molecule has 1 aromatic heterocycles. The molecule has 0 saturated carbocycles. The van der Waals surface area contributed by atoms with Gasteiger partial charge in [-0.2, -0.15) is 4.31 Å². The highest BCUT2D eigenvalue weighted by molar-refractivity contribution is 7.91. The van der Waals surface area contributed by atoms with Gasteiger partial charge in [-0.15, -0.1) is 11.3 Å². The van der Waals surface area contributed by atoms with Crippen molar-refractivity contribution in [3.05, 3.63) is 51.9 Å². The van der Waals surface area contributed by atoms with Crippen molar-refractivity contribution in [1.82, 2.24) is 9.62 Å². The fourth-order valence-corrected chi connectivity index (χ4v) is 6.41. The number of nitrogens with zero attached hydrogens (tertiary/aromatic N) is 1.